The van der Waals surface area contributed by atoms with Gasteiger partial charge in [0, 0.05) is 6.54 Å². The van der Waals surface area contributed by atoms with Gasteiger partial charge in [0.15, 0.2) is 0 Å². The third-order valence-corrected chi connectivity index (χ3v) is 2.71. The zero-order valence-corrected chi connectivity index (χ0v) is 15.4. The second-order valence-corrected chi connectivity index (χ2v) is 4.79. The van der Waals surface area contributed by atoms with Crippen LogP contribution < -0.4 is 16.4 Å². The number of carbonyl (C=O) groups is 3. The number of hydrogen-bond donors (Lipinski definition) is 3. The topological polar surface area (TPSA) is 151 Å². The summed E-state index contributed by atoms with van der Waals surface area (Å²) in [5.74, 6) is -1.10. The van der Waals surface area contributed by atoms with Gasteiger partial charge in [-0.25, -0.2) is 9.59 Å². The highest BCUT2D eigenvalue weighted by Gasteiger charge is 2.14. The van der Waals surface area contributed by atoms with Crippen molar-refractivity contribution in [3.63, 3.8) is 0 Å². The molecule has 1 atom stereocenters. The molecule has 26 heavy (non-hydrogen) atoms. The smallest absolute Gasteiger partial charge is 0.414 e. The molecule has 1 amide bonds. The van der Waals surface area contributed by atoms with E-state index in [4.69, 9.17) is 20.0 Å². The van der Waals surface area contributed by atoms with Gasteiger partial charge in [0.2, 0.25) is 12.6 Å². The number of nitrogens with one attached hydrogen (secondary N) is 2. The molecule has 0 aromatic heterocycles. The molecule has 0 rings (SSSR count). The summed E-state index contributed by atoms with van der Waals surface area (Å²) in [6.45, 7) is 5.61. The first-order valence-electron chi connectivity index (χ1n) is 8.39. The molecule has 1 unspecified atom stereocenters. The van der Waals surface area contributed by atoms with Crippen LogP contribution >= 0.6 is 0 Å². The van der Waals surface area contributed by atoms with Crippen molar-refractivity contribution in [2.75, 3.05) is 33.0 Å². The lowest BCUT2D eigenvalue weighted by Crippen LogP contribution is -2.42. The highest BCUT2D eigenvalue weighted by Crippen LogP contribution is 1.96. The van der Waals surface area contributed by atoms with Crippen molar-refractivity contribution in [3.05, 3.63) is 0 Å². The first-order valence-corrected chi connectivity index (χ1v) is 8.39. The number of guanidine groups is 1. The molecule has 150 valence electrons. The molecule has 0 bridgehead atoms. The van der Waals surface area contributed by atoms with Gasteiger partial charge < -0.3 is 30.1 Å². The molecule has 0 radical (unpaired) electrons. The van der Waals surface area contributed by atoms with Crippen molar-refractivity contribution < 1.29 is 33.4 Å². The Morgan fingerprint density at radius 1 is 1.04 bits per heavy atom. The molecule has 0 saturated heterocycles. The van der Waals surface area contributed by atoms with Crippen LogP contribution in [0.2, 0.25) is 0 Å². The van der Waals surface area contributed by atoms with E-state index in [9.17, 15) is 14.4 Å². The molecular formula is C15H28N4O7. The average molecular weight is 376 g/mol. The van der Waals surface area contributed by atoms with E-state index in [1.165, 1.54) is 0 Å². The SMILES string of the molecule is CCOC(=O)CO/N=C(/NCCCC(N)C(=O)OCC)NC(=O)OCC. The molecule has 0 spiro atoms. The van der Waals surface area contributed by atoms with Crippen LogP contribution in [0.3, 0.4) is 0 Å². The number of carbonyl (C=O) groups excluding carboxylic acids is 3. The first-order chi connectivity index (χ1) is 12.4. The molecule has 0 aliphatic rings. The quantitative estimate of drug-likeness (QED) is 0.112. The van der Waals surface area contributed by atoms with E-state index in [2.05, 4.69) is 20.5 Å². The van der Waals surface area contributed by atoms with E-state index in [1.807, 2.05) is 0 Å². The number of nitrogens with two attached hydrogens (primary N) is 1. The molecule has 0 aromatic rings. The van der Waals surface area contributed by atoms with Crippen molar-refractivity contribution in [1.29, 1.82) is 0 Å². The lowest BCUT2D eigenvalue weighted by atomic mass is 10.2. The average Bonchev–Trinajstić information content (AvgIpc) is 2.58. The fourth-order valence-electron chi connectivity index (χ4n) is 1.61. The Hall–Kier alpha value is -2.56. The van der Waals surface area contributed by atoms with Crippen LogP contribution in [0.4, 0.5) is 4.79 Å². The zero-order chi connectivity index (χ0) is 19.8. The molecule has 0 aliphatic heterocycles. The van der Waals surface area contributed by atoms with E-state index in [1.54, 1.807) is 20.8 Å². The molecular weight excluding hydrogens is 348 g/mol. The summed E-state index contributed by atoms with van der Waals surface area (Å²) < 4.78 is 14.2. The molecule has 11 nitrogen and oxygen atoms in total. The van der Waals surface area contributed by atoms with Crippen LogP contribution in [0.15, 0.2) is 5.16 Å². The molecule has 0 aliphatic carbocycles. The van der Waals surface area contributed by atoms with Crippen LogP contribution in [0, 0.1) is 0 Å². The van der Waals surface area contributed by atoms with Gasteiger partial charge in [-0.3, -0.25) is 10.1 Å². The van der Waals surface area contributed by atoms with Crippen molar-refractivity contribution in [2.45, 2.75) is 39.7 Å². The normalized spacial score (nSPS) is 11.9. The molecule has 0 aromatic carbocycles. The van der Waals surface area contributed by atoms with Gasteiger partial charge in [0.1, 0.15) is 6.04 Å². The van der Waals surface area contributed by atoms with Gasteiger partial charge in [-0.1, -0.05) is 0 Å². The highest BCUT2D eigenvalue weighted by atomic mass is 16.7. The van der Waals surface area contributed by atoms with Gasteiger partial charge in [0.25, 0.3) is 0 Å². The van der Waals surface area contributed by atoms with Gasteiger partial charge in [-0.2, -0.15) is 0 Å². The van der Waals surface area contributed by atoms with Crippen molar-refractivity contribution in [1.82, 2.24) is 10.6 Å². The predicted molar refractivity (Wildman–Crippen MR) is 92.0 cm³/mol. The monoisotopic (exact) mass is 376 g/mol. The number of nitrogens with zero attached hydrogens (tertiary/aromatic N) is 1. The fraction of sp³-hybridized carbons (Fsp3) is 0.733. The van der Waals surface area contributed by atoms with E-state index < -0.39 is 30.7 Å². The lowest BCUT2D eigenvalue weighted by molar-refractivity contribution is -0.148. The summed E-state index contributed by atoms with van der Waals surface area (Å²) in [5.41, 5.74) is 5.68. The number of rotatable bonds is 11. The Morgan fingerprint density at radius 2 is 1.69 bits per heavy atom. The number of amides is 1. The van der Waals surface area contributed by atoms with E-state index in [0.717, 1.165) is 0 Å². The standard InChI is InChI=1S/C15H28N4O7/c1-4-23-12(20)10-26-19-14(18-15(22)25-6-3)17-9-7-8-11(16)13(21)24-5-2/h11H,4-10,16H2,1-3H3,(H2,17,18,19,22). The van der Waals surface area contributed by atoms with Gasteiger partial charge in [0.05, 0.1) is 19.8 Å². The lowest BCUT2D eigenvalue weighted by Gasteiger charge is -2.13. The number of alkyl carbamates (subject to hydrolysis) is 1. The Balaban J connectivity index is 4.40. The maximum Gasteiger partial charge on any atom is 0.414 e. The maximum atomic E-state index is 11.5. The summed E-state index contributed by atoms with van der Waals surface area (Å²) in [4.78, 5) is 38.9. The Bertz CT molecular complexity index is 471. The summed E-state index contributed by atoms with van der Waals surface area (Å²) in [5, 5.41) is 8.75. The number of ether oxygens (including phenoxy) is 3. The second-order valence-electron chi connectivity index (χ2n) is 4.79. The maximum absolute atomic E-state index is 11.5. The summed E-state index contributed by atoms with van der Waals surface area (Å²) in [7, 11) is 0. The molecule has 11 heteroatoms. The number of esters is 2. The fourth-order valence-corrected chi connectivity index (χ4v) is 1.61. The third-order valence-electron chi connectivity index (χ3n) is 2.71. The van der Waals surface area contributed by atoms with Crippen LogP contribution in [-0.2, 0) is 28.6 Å². The summed E-state index contributed by atoms with van der Waals surface area (Å²) >= 11 is 0. The van der Waals surface area contributed by atoms with Crippen LogP contribution in [-0.4, -0.2) is 63.0 Å². The van der Waals surface area contributed by atoms with E-state index in [0.29, 0.717) is 19.4 Å². The van der Waals surface area contributed by atoms with Crippen molar-refractivity contribution >= 4 is 24.0 Å². The van der Waals surface area contributed by atoms with E-state index >= 15 is 0 Å². The summed E-state index contributed by atoms with van der Waals surface area (Å²) in [6.07, 6.45) is 0.144. The predicted octanol–water partition coefficient (Wildman–Crippen LogP) is -0.157. The van der Waals surface area contributed by atoms with Crippen molar-refractivity contribution in [2.24, 2.45) is 10.9 Å². The van der Waals surface area contributed by atoms with Gasteiger partial charge >= 0.3 is 18.0 Å². The van der Waals surface area contributed by atoms with Crippen LogP contribution in [0.1, 0.15) is 33.6 Å². The van der Waals surface area contributed by atoms with Crippen LogP contribution in [0.25, 0.3) is 0 Å². The van der Waals surface area contributed by atoms with Crippen LogP contribution in [0.5, 0.6) is 0 Å². The minimum absolute atomic E-state index is 0.0440. The van der Waals surface area contributed by atoms with Gasteiger partial charge in [-0.15, -0.1) is 0 Å². The molecule has 0 heterocycles. The molecule has 4 N–H and O–H groups in total. The minimum atomic E-state index is -0.735. The van der Waals surface area contributed by atoms with Crippen molar-refractivity contribution in [3.8, 4) is 0 Å². The van der Waals surface area contributed by atoms with Gasteiger partial charge in [-0.05, 0) is 38.8 Å². The number of hydrogen-bond acceptors (Lipinski definition) is 9. The molecule has 0 saturated carbocycles. The Kier molecular flexibility index (Phi) is 13.3. The van der Waals surface area contributed by atoms with E-state index in [-0.39, 0.29) is 25.8 Å². The summed E-state index contributed by atoms with van der Waals surface area (Å²) in [6, 6.07) is -0.727. The zero-order valence-electron chi connectivity index (χ0n) is 15.4. The minimum Gasteiger partial charge on any atom is -0.465 e. The molecule has 0 fully saturated rings. The second kappa shape index (κ2) is 14.8. The highest BCUT2D eigenvalue weighted by molar-refractivity contribution is 5.93. The first kappa shape index (κ1) is 23.4. The Morgan fingerprint density at radius 3 is 2.31 bits per heavy atom. The third kappa shape index (κ3) is 11.9. The largest absolute Gasteiger partial charge is 0.465 e. The Labute approximate surface area is 152 Å². The number of oxime groups is 1.